The average Bonchev–Trinajstić information content (AvgIpc) is 3.38. The van der Waals surface area contributed by atoms with Crippen molar-refractivity contribution in [3.05, 3.63) is 69.0 Å². The van der Waals surface area contributed by atoms with Crippen LogP contribution in [0.2, 0.25) is 5.02 Å². The fraction of sp³-hybridized carbons (Fsp3) is 0.409. The molecule has 0 amide bonds. The Bertz CT molecular complexity index is 1180. The van der Waals surface area contributed by atoms with Crippen LogP contribution in [0.3, 0.4) is 0 Å². The predicted octanol–water partition coefficient (Wildman–Crippen LogP) is 3.20. The number of ether oxygens (including phenoxy) is 3. The van der Waals surface area contributed by atoms with E-state index in [0.29, 0.717) is 27.8 Å². The Morgan fingerprint density at radius 3 is 2.51 bits per heavy atom. The number of benzene rings is 2. The molecule has 0 aliphatic carbocycles. The summed E-state index contributed by atoms with van der Waals surface area (Å²) in [6.07, 6.45) is -2.24. The molecule has 3 aromatic rings. The third-order valence-corrected chi connectivity index (χ3v) is 6.49. The molecule has 1 aromatic heterocycles. The zero-order valence-corrected chi connectivity index (χ0v) is 20.2. The van der Waals surface area contributed by atoms with Gasteiger partial charge in [-0.1, -0.05) is 11.6 Å². The largest absolute Gasteiger partial charge is 0.479 e. The van der Waals surface area contributed by atoms with Crippen molar-refractivity contribution in [1.29, 1.82) is 0 Å². The Hall–Kier alpha value is -3.32. The molecule has 1 unspecified atom stereocenters. The third-order valence-electron chi connectivity index (χ3n) is 6.23. The van der Waals surface area contributed by atoms with Crippen LogP contribution >= 0.6 is 11.6 Å². The molecule has 2 heterocycles. The number of halogens is 1. The van der Waals surface area contributed by atoms with Crippen LogP contribution in [0.1, 0.15) is 37.3 Å². The van der Waals surface area contributed by atoms with Gasteiger partial charge in [-0.2, -0.15) is 0 Å². The topological polar surface area (TPSA) is 149 Å². The van der Waals surface area contributed by atoms with Gasteiger partial charge < -0.3 is 24.2 Å². The van der Waals surface area contributed by atoms with Crippen LogP contribution in [-0.4, -0.2) is 62.9 Å². The molecule has 13 heteroatoms. The number of tetrazole rings is 1. The number of rotatable bonds is 8. The van der Waals surface area contributed by atoms with Gasteiger partial charge in [0.15, 0.2) is 17.7 Å². The van der Waals surface area contributed by atoms with Crippen molar-refractivity contribution in [2.24, 2.45) is 0 Å². The number of aromatic amines is 1. The summed E-state index contributed by atoms with van der Waals surface area (Å²) in [5.74, 6) is 0.761. The molecule has 4 atom stereocenters. The number of aliphatic hydroxyl groups is 1. The third kappa shape index (κ3) is 4.41. The van der Waals surface area contributed by atoms with Crippen molar-refractivity contribution in [3.8, 4) is 5.75 Å². The van der Waals surface area contributed by atoms with E-state index in [0.717, 1.165) is 0 Å². The molecule has 0 spiro atoms. The number of nitrogens with zero attached hydrogens (tertiary/aromatic N) is 5. The second kappa shape index (κ2) is 9.74. The van der Waals surface area contributed by atoms with E-state index in [4.69, 9.17) is 25.8 Å². The van der Waals surface area contributed by atoms with E-state index in [1.54, 1.807) is 31.2 Å². The first-order valence-electron chi connectivity index (χ1n) is 10.7. The van der Waals surface area contributed by atoms with Crippen LogP contribution in [0, 0.1) is 10.1 Å². The zero-order chi connectivity index (χ0) is 25.3. The normalized spacial score (nSPS) is 22.4. The summed E-state index contributed by atoms with van der Waals surface area (Å²) in [7, 11) is 2.88. The van der Waals surface area contributed by atoms with E-state index in [2.05, 4.69) is 20.6 Å². The summed E-state index contributed by atoms with van der Waals surface area (Å²) < 4.78 is 17.2. The van der Waals surface area contributed by atoms with E-state index in [9.17, 15) is 15.2 Å². The Morgan fingerprint density at radius 2 is 1.94 bits per heavy atom. The molecule has 0 bridgehead atoms. The monoisotopic (exact) mass is 504 g/mol. The number of non-ortho nitro benzene ring substituents is 1. The number of H-pyrrole nitrogens is 1. The maximum absolute atomic E-state index is 11.8. The van der Waals surface area contributed by atoms with Gasteiger partial charge in [-0.05, 0) is 54.6 Å². The van der Waals surface area contributed by atoms with E-state index < -0.39 is 35.0 Å². The lowest BCUT2D eigenvalue weighted by Gasteiger charge is -2.51. The van der Waals surface area contributed by atoms with Crippen LogP contribution < -0.4 is 9.64 Å². The number of anilines is 1. The molecular formula is C22H25ClN6O6. The standard InChI is InChI=1S/C22H25ClN6O6/c1-12(20-24-26-27-25-20)28(14-7-5-13(23)6-8-14)18-16-11-15(29(31)32)9-10-17(16)35-22(2,19(18)30)21(33-3)34-4/h5-12,18-19,21,30H,1-4H3,(H,24,25,26,27)/t12?,18-,19+,22+/m1/s1. The molecule has 12 nitrogen and oxygen atoms in total. The van der Waals surface area contributed by atoms with Gasteiger partial charge in [0, 0.05) is 42.6 Å². The summed E-state index contributed by atoms with van der Waals surface area (Å²) in [5, 5.41) is 38.1. The van der Waals surface area contributed by atoms with E-state index in [-0.39, 0.29) is 5.69 Å². The number of aliphatic hydroxyl groups excluding tert-OH is 1. The highest BCUT2D eigenvalue weighted by atomic mass is 35.5. The van der Waals surface area contributed by atoms with Crippen molar-refractivity contribution in [2.75, 3.05) is 19.1 Å². The first kappa shape index (κ1) is 24.8. The molecule has 0 radical (unpaired) electrons. The fourth-order valence-electron chi connectivity index (χ4n) is 4.52. The zero-order valence-electron chi connectivity index (χ0n) is 19.5. The molecule has 0 fully saturated rings. The van der Waals surface area contributed by atoms with Crippen LogP contribution in [0.5, 0.6) is 5.75 Å². The smallest absolute Gasteiger partial charge is 0.270 e. The van der Waals surface area contributed by atoms with Crippen molar-refractivity contribution >= 4 is 23.0 Å². The molecular weight excluding hydrogens is 480 g/mol. The maximum atomic E-state index is 11.8. The number of nitro groups is 1. The molecule has 35 heavy (non-hydrogen) atoms. The lowest BCUT2D eigenvalue weighted by Crippen LogP contribution is -2.62. The summed E-state index contributed by atoms with van der Waals surface area (Å²) in [4.78, 5) is 13.0. The highest BCUT2D eigenvalue weighted by Gasteiger charge is 2.55. The van der Waals surface area contributed by atoms with Gasteiger partial charge in [-0.3, -0.25) is 10.1 Å². The van der Waals surface area contributed by atoms with Crippen molar-refractivity contribution in [1.82, 2.24) is 20.6 Å². The highest BCUT2D eigenvalue weighted by molar-refractivity contribution is 6.30. The van der Waals surface area contributed by atoms with Gasteiger partial charge in [0.2, 0.25) is 0 Å². The lowest BCUT2D eigenvalue weighted by molar-refractivity contribution is -0.385. The molecule has 186 valence electrons. The number of hydrogen-bond acceptors (Lipinski definition) is 10. The summed E-state index contributed by atoms with van der Waals surface area (Å²) in [6.45, 7) is 3.50. The molecule has 1 aliphatic heterocycles. The predicted molar refractivity (Wildman–Crippen MR) is 125 cm³/mol. The number of nitrogens with one attached hydrogen (secondary N) is 1. The lowest BCUT2D eigenvalue weighted by atomic mass is 9.82. The van der Waals surface area contributed by atoms with Gasteiger partial charge in [-0.15, -0.1) is 5.10 Å². The first-order valence-corrected chi connectivity index (χ1v) is 11.1. The van der Waals surface area contributed by atoms with E-state index >= 15 is 0 Å². The molecule has 0 saturated carbocycles. The van der Waals surface area contributed by atoms with Crippen LogP contribution in [0.25, 0.3) is 0 Å². The van der Waals surface area contributed by atoms with E-state index in [1.165, 1.54) is 32.4 Å². The first-order chi connectivity index (χ1) is 16.7. The summed E-state index contributed by atoms with van der Waals surface area (Å²) in [5.41, 5.74) is -0.463. The highest BCUT2D eigenvalue weighted by Crippen LogP contribution is 2.49. The van der Waals surface area contributed by atoms with Crippen LogP contribution in [0.4, 0.5) is 11.4 Å². The number of methoxy groups -OCH3 is 2. The Balaban J connectivity index is 1.96. The second-order valence-corrected chi connectivity index (χ2v) is 8.74. The van der Waals surface area contributed by atoms with E-state index in [1.807, 2.05) is 11.8 Å². The average molecular weight is 505 g/mol. The number of nitro benzene ring substituents is 1. The van der Waals surface area contributed by atoms with Crippen molar-refractivity contribution < 1.29 is 24.2 Å². The number of hydrogen-bond donors (Lipinski definition) is 2. The molecule has 4 rings (SSSR count). The molecule has 0 saturated heterocycles. The van der Waals surface area contributed by atoms with Gasteiger partial charge >= 0.3 is 0 Å². The Morgan fingerprint density at radius 1 is 1.26 bits per heavy atom. The Labute approximate surface area is 205 Å². The summed E-state index contributed by atoms with van der Waals surface area (Å²) in [6, 6.07) is 9.86. The second-order valence-electron chi connectivity index (χ2n) is 8.30. The van der Waals surface area contributed by atoms with Crippen LogP contribution in [-0.2, 0) is 9.47 Å². The van der Waals surface area contributed by atoms with Crippen LogP contribution in [0.15, 0.2) is 42.5 Å². The Kier molecular flexibility index (Phi) is 6.90. The minimum atomic E-state index is -1.39. The minimum absolute atomic E-state index is 0.145. The number of fused-ring (bicyclic) bond motifs is 1. The van der Waals surface area contributed by atoms with Gasteiger partial charge in [0.1, 0.15) is 11.9 Å². The molecule has 1 aliphatic rings. The van der Waals surface area contributed by atoms with Crippen molar-refractivity contribution in [2.45, 2.75) is 43.9 Å². The van der Waals surface area contributed by atoms with Gasteiger partial charge in [0.05, 0.1) is 17.0 Å². The summed E-state index contributed by atoms with van der Waals surface area (Å²) >= 11 is 6.14. The fourth-order valence-corrected chi connectivity index (χ4v) is 4.65. The maximum Gasteiger partial charge on any atom is 0.270 e. The van der Waals surface area contributed by atoms with Crippen molar-refractivity contribution in [3.63, 3.8) is 0 Å². The minimum Gasteiger partial charge on any atom is -0.479 e. The van der Waals surface area contributed by atoms with Gasteiger partial charge in [0.25, 0.3) is 5.69 Å². The molecule has 2 aromatic carbocycles. The van der Waals surface area contributed by atoms with Gasteiger partial charge in [-0.25, -0.2) is 5.10 Å². The SMILES string of the molecule is COC(OC)[C@@]1(C)Oc2ccc([N+](=O)[O-])cc2[C@@H](N(c2ccc(Cl)cc2)C(C)c2nnn[nH]2)[C@@H]1O. The number of aromatic nitrogens is 4. The molecule has 2 N–H and O–H groups in total. The quantitative estimate of drug-likeness (QED) is 0.266.